The molecule has 1 aromatic rings. The van der Waals surface area contributed by atoms with Gasteiger partial charge in [0.15, 0.2) is 0 Å². The number of amides is 1. The fourth-order valence-electron chi connectivity index (χ4n) is 2.58. The third-order valence-electron chi connectivity index (χ3n) is 3.80. The number of morpholine rings is 1. The number of nitrogens with two attached hydrogens (primary N) is 1. The first-order chi connectivity index (χ1) is 10.1. The van der Waals surface area contributed by atoms with Crippen LogP contribution in [0.2, 0.25) is 0 Å². The van der Waals surface area contributed by atoms with Crippen molar-refractivity contribution in [2.75, 3.05) is 32.8 Å². The summed E-state index contributed by atoms with van der Waals surface area (Å²) in [5, 5.41) is 2.95. The molecule has 0 aromatic heterocycles. The zero-order valence-electron chi connectivity index (χ0n) is 12.8. The standard InChI is InChI=1S/C16H25N3O2/c1-12-4-3-5-14(10-12)15(11-18-16(20)13(2)17)19-6-8-21-9-7-19/h3-5,10,13,15H,6-9,11,17H2,1-2H3,(H,18,20). The molecule has 1 aliphatic heterocycles. The van der Waals surface area contributed by atoms with Crippen LogP contribution in [-0.4, -0.2) is 49.7 Å². The van der Waals surface area contributed by atoms with Crippen LogP contribution >= 0.6 is 0 Å². The molecule has 2 rings (SSSR count). The quantitative estimate of drug-likeness (QED) is 0.843. The first-order valence-electron chi connectivity index (χ1n) is 7.49. The van der Waals surface area contributed by atoms with Gasteiger partial charge in [-0.2, -0.15) is 0 Å². The second-order valence-corrected chi connectivity index (χ2v) is 5.61. The molecule has 1 saturated heterocycles. The van der Waals surface area contributed by atoms with Gasteiger partial charge >= 0.3 is 0 Å². The molecule has 0 saturated carbocycles. The molecule has 0 radical (unpaired) electrons. The molecule has 1 heterocycles. The summed E-state index contributed by atoms with van der Waals surface area (Å²) in [5.41, 5.74) is 8.07. The molecule has 116 valence electrons. The molecule has 21 heavy (non-hydrogen) atoms. The maximum absolute atomic E-state index is 11.7. The summed E-state index contributed by atoms with van der Waals surface area (Å²) in [5.74, 6) is -0.110. The van der Waals surface area contributed by atoms with Gasteiger partial charge < -0.3 is 15.8 Å². The van der Waals surface area contributed by atoms with Gasteiger partial charge in [0, 0.05) is 19.6 Å². The second-order valence-electron chi connectivity index (χ2n) is 5.61. The zero-order valence-corrected chi connectivity index (χ0v) is 12.8. The molecule has 0 bridgehead atoms. The molecule has 0 spiro atoms. The van der Waals surface area contributed by atoms with E-state index in [0.717, 1.165) is 26.3 Å². The van der Waals surface area contributed by atoms with Crippen molar-refractivity contribution in [1.82, 2.24) is 10.2 Å². The molecular weight excluding hydrogens is 266 g/mol. The summed E-state index contributed by atoms with van der Waals surface area (Å²) >= 11 is 0. The summed E-state index contributed by atoms with van der Waals surface area (Å²) in [4.78, 5) is 14.1. The summed E-state index contributed by atoms with van der Waals surface area (Å²) in [6.45, 7) is 7.60. The Morgan fingerprint density at radius 3 is 2.76 bits per heavy atom. The topological polar surface area (TPSA) is 67.6 Å². The van der Waals surface area contributed by atoms with Crippen LogP contribution < -0.4 is 11.1 Å². The van der Waals surface area contributed by atoms with E-state index in [9.17, 15) is 4.79 Å². The average molecular weight is 291 g/mol. The Balaban J connectivity index is 2.11. The number of hydrogen-bond donors (Lipinski definition) is 2. The summed E-state index contributed by atoms with van der Waals surface area (Å²) < 4.78 is 5.42. The lowest BCUT2D eigenvalue weighted by Gasteiger charge is -2.35. The number of nitrogens with zero attached hydrogens (tertiary/aromatic N) is 1. The van der Waals surface area contributed by atoms with Gasteiger partial charge in [-0.25, -0.2) is 0 Å². The van der Waals surface area contributed by atoms with Crippen LogP contribution in [0, 0.1) is 6.92 Å². The predicted octanol–water partition coefficient (Wildman–Crippen LogP) is 0.832. The lowest BCUT2D eigenvalue weighted by Crippen LogP contribution is -2.46. The first kappa shape index (κ1) is 15.9. The van der Waals surface area contributed by atoms with Crippen LogP contribution in [0.1, 0.15) is 24.1 Å². The van der Waals surface area contributed by atoms with Gasteiger partial charge in [0.05, 0.1) is 25.3 Å². The number of carbonyl (C=O) groups excluding carboxylic acids is 1. The summed E-state index contributed by atoms with van der Waals surface area (Å²) in [6.07, 6.45) is 0. The van der Waals surface area contributed by atoms with Crippen molar-refractivity contribution in [3.8, 4) is 0 Å². The fourth-order valence-corrected chi connectivity index (χ4v) is 2.58. The zero-order chi connectivity index (χ0) is 15.2. The van der Waals surface area contributed by atoms with Crippen LogP contribution in [0.5, 0.6) is 0 Å². The first-order valence-corrected chi connectivity index (χ1v) is 7.49. The van der Waals surface area contributed by atoms with Crippen molar-refractivity contribution >= 4 is 5.91 Å². The van der Waals surface area contributed by atoms with Gasteiger partial charge in [-0.1, -0.05) is 29.8 Å². The van der Waals surface area contributed by atoms with E-state index in [1.165, 1.54) is 11.1 Å². The predicted molar refractivity (Wildman–Crippen MR) is 83.0 cm³/mol. The number of ether oxygens (including phenoxy) is 1. The van der Waals surface area contributed by atoms with Crippen LogP contribution in [0.25, 0.3) is 0 Å². The molecule has 1 aliphatic rings. The largest absolute Gasteiger partial charge is 0.379 e. The minimum Gasteiger partial charge on any atom is -0.379 e. The Morgan fingerprint density at radius 2 is 2.14 bits per heavy atom. The second kappa shape index (κ2) is 7.54. The number of benzene rings is 1. The highest BCUT2D eigenvalue weighted by Gasteiger charge is 2.23. The SMILES string of the molecule is Cc1cccc(C(CNC(=O)C(C)N)N2CCOCC2)c1. The molecule has 0 aliphatic carbocycles. The van der Waals surface area contributed by atoms with E-state index in [0.29, 0.717) is 6.54 Å². The number of carbonyl (C=O) groups is 1. The van der Waals surface area contributed by atoms with E-state index < -0.39 is 6.04 Å². The van der Waals surface area contributed by atoms with Gasteiger partial charge in [-0.05, 0) is 19.4 Å². The Labute approximate surface area is 126 Å². The lowest BCUT2D eigenvalue weighted by molar-refractivity contribution is -0.122. The molecule has 2 unspecified atom stereocenters. The van der Waals surface area contributed by atoms with E-state index in [-0.39, 0.29) is 11.9 Å². The minimum atomic E-state index is -0.479. The van der Waals surface area contributed by atoms with Crippen molar-refractivity contribution in [1.29, 1.82) is 0 Å². The van der Waals surface area contributed by atoms with Crippen molar-refractivity contribution in [2.24, 2.45) is 5.73 Å². The van der Waals surface area contributed by atoms with E-state index in [1.54, 1.807) is 6.92 Å². The molecule has 2 atom stereocenters. The third kappa shape index (κ3) is 4.52. The van der Waals surface area contributed by atoms with E-state index in [4.69, 9.17) is 10.5 Å². The highest BCUT2D eigenvalue weighted by atomic mass is 16.5. The van der Waals surface area contributed by atoms with Crippen molar-refractivity contribution in [3.63, 3.8) is 0 Å². The van der Waals surface area contributed by atoms with E-state index in [2.05, 4.69) is 41.4 Å². The minimum absolute atomic E-state index is 0.110. The van der Waals surface area contributed by atoms with Crippen LogP contribution in [0.4, 0.5) is 0 Å². The summed E-state index contributed by atoms with van der Waals surface area (Å²) in [6, 6.07) is 8.12. The monoisotopic (exact) mass is 291 g/mol. The van der Waals surface area contributed by atoms with Crippen molar-refractivity contribution < 1.29 is 9.53 Å². The molecule has 3 N–H and O–H groups in total. The number of hydrogen-bond acceptors (Lipinski definition) is 4. The normalized spacial score (nSPS) is 19.0. The van der Waals surface area contributed by atoms with E-state index >= 15 is 0 Å². The maximum Gasteiger partial charge on any atom is 0.236 e. The highest BCUT2D eigenvalue weighted by Crippen LogP contribution is 2.22. The Kier molecular flexibility index (Phi) is 5.73. The molecule has 1 amide bonds. The number of nitrogens with one attached hydrogen (secondary N) is 1. The molecule has 5 nitrogen and oxygen atoms in total. The molecular formula is C16H25N3O2. The van der Waals surface area contributed by atoms with Crippen LogP contribution in [0.15, 0.2) is 24.3 Å². The van der Waals surface area contributed by atoms with Crippen LogP contribution in [0.3, 0.4) is 0 Å². The molecule has 1 aromatic carbocycles. The van der Waals surface area contributed by atoms with Crippen molar-refractivity contribution in [3.05, 3.63) is 35.4 Å². The summed E-state index contributed by atoms with van der Waals surface area (Å²) in [7, 11) is 0. The lowest BCUT2D eigenvalue weighted by atomic mass is 10.0. The Morgan fingerprint density at radius 1 is 1.43 bits per heavy atom. The van der Waals surface area contributed by atoms with Crippen molar-refractivity contribution in [2.45, 2.75) is 25.9 Å². The van der Waals surface area contributed by atoms with E-state index in [1.807, 2.05) is 0 Å². The van der Waals surface area contributed by atoms with Gasteiger partial charge in [0.2, 0.25) is 5.91 Å². The van der Waals surface area contributed by atoms with Gasteiger partial charge in [-0.3, -0.25) is 9.69 Å². The maximum atomic E-state index is 11.7. The van der Waals surface area contributed by atoms with Gasteiger partial charge in [0.1, 0.15) is 0 Å². The Hall–Kier alpha value is -1.43. The van der Waals surface area contributed by atoms with Gasteiger partial charge in [-0.15, -0.1) is 0 Å². The van der Waals surface area contributed by atoms with Gasteiger partial charge in [0.25, 0.3) is 0 Å². The van der Waals surface area contributed by atoms with Crippen LogP contribution in [-0.2, 0) is 9.53 Å². The fraction of sp³-hybridized carbons (Fsp3) is 0.562. The Bertz CT molecular complexity index is 470. The smallest absolute Gasteiger partial charge is 0.236 e. The number of rotatable bonds is 5. The number of aryl methyl sites for hydroxylation is 1. The third-order valence-corrected chi connectivity index (χ3v) is 3.80. The average Bonchev–Trinajstić information content (AvgIpc) is 2.48. The molecule has 5 heteroatoms. The highest BCUT2D eigenvalue weighted by molar-refractivity contribution is 5.80. The molecule has 1 fully saturated rings.